The molecule has 0 unspecified atom stereocenters. The first kappa shape index (κ1) is 24.5. The van der Waals surface area contributed by atoms with Gasteiger partial charge < -0.3 is 18.9 Å². The van der Waals surface area contributed by atoms with Crippen molar-refractivity contribution in [3.8, 4) is 35.1 Å². The molecule has 3 rings (SSSR count). The largest absolute Gasteiger partial charge is 0.493 e. The van der Waals surface area contributed by atoms with Crippen molar-refractivity contribution in [2.75, 3.05) is 14.2 Å². The third kappa shape index (κ3) is 4.92. The monoisotopic (exact) mass is 456 g/mol. The summed E-state index contributed by atoms with van der Waals surface area (Å²) >= 11 is 0. The van der Waals surface area contributed by atoms with Gasteiger partial charge in [-0.2, -0.15) is 10.5 Å². The van der Waals surface area contributed by atoms with E-state index < -0.39 is 0 Å². The molecule has 0 atom stereocenters. The molecule has 0 heterocycles. The van der Waals surface area contributed by atoms with Gasteiger partial charge in [-0.25, -0.2) is 0 Å². The maximum absolute atomic E-state index is 9.11. The van der Waals surface area contributed by atoms with E-state index in [9.17, 15) is 0 Å². The lowest BCUT2D eigenvalue weighted by Gasteiger charge is -2.22. The SMILES string of the molecule is COc1cc(C#N)ccc1OCc1c(C)c(C)c(COc2ccc(C#N)cc2OC)c(C)c1C. The maximum Gasteiger partial charge on any atom is 0.162 e. The Kier molecular flexibility index (Phi) is 7.66. The van der Waals surface area contributed by atoms with Crippen molar-refractivity contribution in [2.45, 2.75) is 40.9 Å². The van der Waals surface area contributed by atoms with Crippen LogP contribution < -0.4 is 18.9 Å². The highest BCUT2D eigenvalue weighted by molar-refractivity contribution is 5.52. The van der Waals surface area contributed by atoms with Crippen LogP contribution in [0.3, 0.4) is 0 Å². The lowest BCUT2D eigenvalue weighted by atomic mass is 9.89. The van der Waals surface area contributed by atoms with E-state index in [1.165, 1.54) is 0 Å². The maximum atomic E-state index is 9.11. The van der Waals surface area contributed by atoms with Gasteiger partial charge >= 0.3 is 0 Å². The Morgan fingerprint density at radius 2 is 0.941 bits per heavy atom. The quantitative estimate of drug-likeness (QED) is 0.423. The Labute approximate surface area is 200 Å². The summed E-state index contributed by atoms with van der Waals surface area (Å²) in [7, 11) is 3.12. The molecule has 6 nitrogen and oxygen atoms in total. The predicted molar refractivity (Wildman–Crippen MR) is 129 cm³/mol. The Morgan fingerprint density at radius 3 is 1.24 bits per heavy atom. The molecular weight excluding hydrogens is 428 g/mol. The minimum Gasteiger partial charge on any atom is -0.493 e. The van der Waals surface area contributed by atoms with Gasteiger partial charge in [0.25, 0.3) is 0 Å². The minimum absolute atomic E-state index is 0.381. The highest BCUT2D eigenvalue weighted by atomic mass is 16.5. The van der Waals surface area contributed by atoms with Gasteiger partial charge in [0.05, 0.1) is 37.5 Å². The van der Waals surface area contributed by atoms with Crippen LogP contribution >= 0.6 is 0 Å². The van der Waals surface area contributed by atoms with E-state index in [1.807, 2.05) is 0 Å². The van der Waals surface area contributed by atoms with Gasteiger partial charge in [-0.15, -0.1) is 0 Å². The number of rotatable bonds is 8. The van der Waals surface area contributed by atoms with E-state index in [0.29, 0.717) is 47.3 Å². The van der Waals surface area contributed by atoms with E-state index in [2.05, 4.69) is 39.8 Å². The number of nitrogens with zero attached hydrogens (tertiary/aromatic N) is 2. The van der Waals surface area contributed by atoms with Gasteiger partial charge in [-0.1, -0.05) is 0 Å². The van der Waals surface area contributed by atoms with Gasteiger partial charge in [0.1, 0.15) is 13.2 Å². The lowest BCUT2D eigenvalue weighted by molar-refractivity contribution is 0.279. The molecule has 174 valence electrons. The molecule has 0 aromatic heterocycles. The minimum atomic E-state index is 0.381. The normalized spacial score (nSPS) is 10.2. The Hall–Kier alpha value is -4.16. The summed E-state index contributed by atoms with van der Waals surface area (Å²) < 4.78 is 23.0. The molecule has 0 saturated heterocycles. The second kappa shape index (κ2) is 10.6. The van der Waals surface area contributed by atoms with Crippen molar-refractivity contribution in [3.05, 3.63) is 80.9 Å². The number of benzene rings is 3. The summed E-state index contributed by atoms with van der Waals surface area (Å²) in [6.07, 6.45) is 0. The third-order valence-electron chi connectivity index (χ3n) is 6.27. The molecule has 0 fully saturated rings. The van der Waals surface area contributed by atoms with Gasteiger partial charge in [0.15, 0.2) is 23.0 Å². The number of methoxy groups -OCH3 is 2. The molecule has 0 aliphatic carbocycles. The molecule has 0 aliphatic heterocycles. The van der Waals surface area contributed by atoms with E-state index >= 15 is 0 Å². The number of nitriles is 2. The lowest BCUT2D eigenvalue weighted by Crippen LogP contribution is -2.10. The van der Waals surface area contributed by atoms with Crippen LogP contribution in [0.25, 0.3) is 0 Å². The molecule has 0 bridgehead atoms. The highest BCUT2D eigenvalue weighted by Gasteiger charge is 2.17. The van der Waals surface area contributed by atoms with Crippen molar-refractivity contribution in [3.63, 3.8) is 0 Å². The average molecular weight is 457 g/mol. The van der Waals surface area contributed by atoms with Crippen LogP contribution in [0.15, 0.2) is 36.4 Å². The fraction of sp³-hybridized carbons (Fsp3) is 0.286. The van der Waals surface area contributed by atoms with E-state index in [-0.39, 0.29) is 0 Å². The van der Waals surface area contributed by atoms with Gasteiger partial charge in [-0.3, -0.25) is 0 Å². The smallest absolute Gasteiger partial charge is 0.162 e. The zero-order valence-corrected chi connectivity index (χ0v) is 20.4. The molecule has 0 radical (unpaired) electrons. The average Bonchev–Trinajstić information content (AvgIpc) is 2.87. The van der Waals surface area contributed by atoms with E-state index in [0.717, 1.165) is 33.4 Å². The van der Waals surface area contributed by atoms with Crippen LogP contribution in [0.1, 0.15) is 44.5 Å². The molecule has 0 N–H and O–H groups in total. The molecule has 6 heteroatoms. The molecule has 3 aromatic carbocycles. The van der Waals surface area contributed by atoms with Crippen molar-refractivity contribution in [1.29, 1.82) is 10.5 Å². The number of ether oxygens (including phenoxy) is 4. The van der Waals surface area contributed by atoms with Crippen LogP contribution in [-0.2, 0) is 13.2 Å². The summed E-state index contributed by atoms with van der Waals surface area (Å²) in [5.74, 6) is 2.25. The fourth-order valence-electron chi connectivity index (χ4n) is 3.91. The van der Waals surface area contributed by atoms with E-state index in [4.69, 9.17) is 29.5 Å². The summed E-state index contributed by atoms with van der Waals surface area (Å²) in [6, 6.07) is 14.5. The first-order valence-electron chi connectivity index (χ1n) is 10.8. The Bertz CT molecular complexity index is 1170. The molecule has 0 spiro atoms. The molecule has 3 aromatic rings. The fourth-order valence-corrected chi connectivity index (χ4v) is 3.91. The van der Waals surface area contributed by atoms with Crippen molar-refractivity contribution in [1.82, 2.24) is 0 Å². The molecule has 0 saturated carbocycles. The topological polar surface area (TPSA) is 84.5 Å². The van der Waals surface area contributed by atoms with Gasteiger partial charge in [-0.05, 0) is 85.3 Å². The van der Waals surface area contributed by atoms with Crippen LogP contribution in [0.4, 0.5) is 0 Å². The second-order valence-electron chi connectivity index (χ2n) is 7.99. The molecule has 34 heavy (non-hydrogen) atoms. The van der Waals surface area contributed by atoms with Crippen molar-refractivity contribution < 1.29 is 18.9 Å². The Morgan fingerprint density at radius 1 is 0.588 bits per heavy atom. The molecular formula is C28H28N2O4. The summed E-state index contributed by atoms with van der Waals surface area (Å²) in [5, 5.41) is 18.2. The zero-order chi connectivity index (χ0) is 24.8. The van der Waals surface area contributed by atoms with Crippen molar-refractivity contribution >= 4 is 0 Å². The Balaban J connectivity index is 1.85. The van der Waals surface area contributed by atoms with Gasteiger partial charge in [0, 0.05) is 12.1 Å². The predicted octanol–water partition coefficient (Wildman–Crippen LogP) is 5.84. The first-order valence-corrected chi connectivity index (χ1v) is 10.8. The molecule has 0 amide bonds. The first-order chi connectivity index (χ1) is 16.3. The van der Waals surface area contributed by atoms with Crippen LogP contribution in [0.2, 0.25) is 0 Å². The van der Waals surface area contributed by atoms with Crippen LogP contribution in [0.5, 0.6) is 23.0 Å². The number of hydrogen-bond donors (Lipinski definition) is 0. The second-order valence-corrected chi connectivity index (χ2v) is 7.99. The van der Waals surface area contributed by atoms with Crippen LogP contribution in [-0.4, -0.2) is 14.2 Å². The standard InChI is InChI=1S/C28H28N2O4/c1-17-18(2)24(16-34-26-10-8-22(14-30)12-28(26)32-6)20(4)19(3)23(17)15-33-25-9-7-21(13-29)11-27(25)31-5/h7-12H,15-16H2,1-6H3. The zero-order valence-electron chi connectivity index (χ0n) is 20.4. The van der Waals surface area contributed by atoms with Crippen molar-refractivity contribution in [2.24, 2.45) is 0 Å². The summed E-state index contributed by atoms with van der Waals surface area (Å²) in [5.41, 5.74) is 7.82. The van der Waals surface area contributed by atoms with Crippen LogP contribution in [0, 0.1) is 50.4 Å². The third-order valence-corrected chi connectivity index (χ3v) is 6.27. The number of hydrogen-bond acceptors (Lipinski definition) is 6. The van der Waals surface area contributed by atoms with E-state index in [1.54, 1.807) is 50.6 Å². The van der Waals surface area contributed by atoms with Gasteiger partial charge in [0.2, 0.25) is 0 Å². The summed E-state index contributed by atoms with van der Waals surface area (Å²) in [4.78, 5) is 0. The highest BCUT2D eigenvalue weighted by Crippen LogP contribution is 2.33. The summed E-state index contributed by atoms with van der Waals surface area (Å²) in [6.45, 7) is 9.10. The molecule has 0 aliphatic rings.